The fraction of sp³-hybridized carbons (Fsp3) is 0.429. The van der Waals surface area contributed by atoms with Crippen LogP contribution in [0.4, 0.5) is 0 Å². The highest BCUT2D eigenvalue weighted by Gasteiger charge is 2.17. The number of hydrogen-bond donors (Lipinski definition) is 1. The zero-order valence-electron chi connectivity index (χ0n) is 12.2. The number of aromatic nitrogens is 3. The average molecular weight is 307 g/mol. The number of aryl methyl sites for hydroxylation is 3. The molecule has 0 amide bonds. The molecule has 0 aliphatic carbocycles. The number of rotatable bonds is 6. The van der Waals surface area contributed by atoms with Crippen LogP contribution in [0.2, 0.25) is 0 Å². The van der Waals surface area contributed by atoms with Gasteiger partial charge in [0.2, 0.25) is 5.89 Å². The van der Waals surface area contributed by atoms with E-state index in [2.05, 4.69) is 15.1 Å². The highest BCUT2D eigenvalue weighted by atomic mass is 32.2. The molecule has 0 atom stereocenters. The van der Waals surface area contributed by atoms with Crippen molar-refractivity contribution in [3.05, 3.63) is 34.6 Å². The number of pyridine rings is 1. The van der Waals surface area contributed by atoms with Gasteiger partial charge in [0, 0.05) is 12.1 Å². The van der Waals surface area contributed by atoms with Crippen LogP contribution in [-0.2, 0) is 12.2 Å². The van der Waals surface area contributed by atoms with Gasteiger partial charge in [-0.2, -0.15) is 4.98 Å². The highest BCUT2D eigenvalue weighted by Crippen LogP contribution is 2.27. The summed E-state index contributed by atoms with van der Waals surface area (Å²) in [6.07, 6.45) is 1.73. The minimum atomic E-state index is -0.972. The molecule has 0 radical (unpaired) electrons. The molecule has 0 aliphatic heterocycles. The SMILES string of the molecule is CCCc1noc(CSc2nc(C)cc(C)c2C(=O)O)n1. The number of carboxylic acid groups (broad SMARTS) is 1. The van der Waals surface area contributed by atoms with Crippen LogP contribution in [0, 0.1) is 13.8 Å². The van der Waals surface area contributed by atoms with Crippen LogP contribution in [0.25, 0.3) is 0 Å². The molecule has 2 aromatic heterocycles. The van der Waals surface area contributed by atoms with E-state index in [9.17, 15) is 9.90 Å². The Kier molecular flexibility index (Phi) is 4.95. The highest BCUT2D eigenvalue weighted by molar-refractivity contribution is 7.98. The molecule has 6 nitrogen and oxygen atoms in total. The van der Waals surface area contributed by atoms with Crippen molar-refractivity contribution in [2.24, 2.45) is 0 Å². The molecule has 0 bridgehead atoms. The van der Waals surface area contributed by atoms with Gasteiger partial charge in [-0.25, -0.2) is 9.78 Å². The summed E-state index contributed by atoms with van der Waals surface area (Å²) in [4.78, 5) is 19.9. The second kappa shape index (κ2) is 6.71. The third kappa shape index (κ3) is 3.81. The molecule has 2 aromatic rings. The number of aromatic carboxylic acids is 1. The maximum absolute atomic E-state index is 11.3. The number of carboxylic acids is 1. The summed E-state index contributed by atoms with van der Waals surface area (Å²) in [5.41, 5.74) is 1.73. The van der Waals surface area contributed by atoms with E-state index < -0.39 is 5.97 Å². The van der Waals surface area contributed by atoms with E-state index in [1.807, 2.05) is 13.8 Å². The summed E-state index contributed by atoms with van der Waals surface area (Å²) in [6, 6.07) is 1.76. The number of thioether (sulfide) groups is 1. The first kappa shape index (κ1) is 15.5. The molecule has 0 aromatic carbocycles. The molecule has 21 heavy (non-hydrogen) atoms. The van der Waals surface area contributed by atoms with Gasteiger partial charge in [0.05, 0.1) is 11.3 Å². The topological polar surface area (TPSA) is 89.1 Å². The van der Waals surface area contributed by atoms with Crippen LogP contribution in [0.15, 0.2) is 15.6 Å². The van der Waals surface area contributed by atoms with Gasteiger partial charge in [0.15, 0.2) is 5.82 Å². The summed E-state index contributed by atoms with van der Waals surface area (Å²) in [5, 5.41) is 13.7. The molecule has 2 rings (SSSR count). The Morgan fingerprint density at radius 3 is 2.81 bits per heavy atom. The maximum atomic E-state index is 11.3. The predicted octanol–water partition coefficient (Wildman–Crippen LogP) is 3.02. The van der Waals surface area contributed by atoms with Gasteiger partial charge in [-0.3, -0.25) is 0 Å². The number of nitrogens with zero attached hydrogens (tertiary/aromatic N) is 3. The smallest absolute Gasteiger partial charge is 0.338 e. The Morgan fingerprint density at radius 2 is 2.14 bits per heavy atom. The minimum absolute atomic E-state index is 0.235. The Labute approximate surface area is 127 Å². The molecule has 2 heterocycles. The normalized spacial score (nSPS) is 10.8. The van der Waals surface area contributed by atoms with Crippen LogP contribution in [-0.4, -0.2) is 26.2 Å². The van der Waals surface area contributed by atoms with E-state index in [0.717, 1.165) is 18.5 Å². The summed E-state index contributed by atoms with van der Waals surface area (Å²) >= 11 is 1.30. The fourth-order valence-electron chi connectivity index (χ4n) is 1.97. The third-order valence-electron chi connectivity index (χ3n) is 2.84. The third-order valence-corrected chi connectivity index (χ3v) is 3.80. The van der Waals surface area contributed by atoms with Crippen molar-refractivity contribution in [3.8, 4) is 0 Å². The van der Waals surface area contributed by atoms with Crippen molar-refractivity contribution in [2.45, 2.75) is 44.4 Å². The molecule has 0 saturated heterocycles. The van der Waals surface area contributed by atoms with Crippen molar-refractivity contribution in [2.75, 3.05) is 0 Å². The summed E-state index contributed by atoms with van der Waals surface area (Å²) in [7, 11) is 0. The minimum Gasteiger partial charge on any atom is -0.478 e. The van der Waals surface area contributed by atoms with Crippen LogP contribution in [0.1, 0.15) is 46.7 Å². The number of carbonyl (C=O) groups is 1. The maximum Gasteiger partial charge on any atom is 0.338 e. The first-order valence-corrected chi connectivity index (χ1v) is 7.65. The van der Waals surface area contributed by atoms with Gasteiger partial charge in [-0.1, -0.05) is 23.8 Å². The van der Waals surface area contributed by atoms with Gasteiger partial charge in [-0.15, -0.1) is 0 Å². The van der Waals surface area contributed by atoms with Gasteiger partial charge < -0.3 is 9.63 Å². The summed E-state index contributed by atoms with van der Waals surface area (Å²) in [5.74, 6) is 0.604. The van der Waals surface area contributed by atoms with Crippen molar-refractivity contribution in [1.29, 1.82) is 0 Å². The molecule has 0 spiro atoms. The predicted molar refractivity (Wildman–Crippen MR) is 78.5 cm³/mol. The standard InChI is InChI=1S/C14H17N3O3S/c1-4-5-10-16-11(20-17-10)7-21-13-12(14(18)19)8(2)6-9(3)15-13/h6H,4-5,7H2,1-3H3,(H,18,19). The summed E-state index contributed by atoms with van der Waals surface area (Å²) < 4.78 is 5.14. The zero-order chi connectivity index (χ0) is 15.4. The molecular weight excluding hydrogens is 290 g/mol. The first-order valence-electron chi connectivity index (χ1n) is 6.67. The average Bonchev–Trinajstić information content (AvgIpc) is 2.83. The van der Waals surface area contributed by atoms with Crippen LogP contribution < -0.4 is 0 Å². The van der Waals surface area contributed by atoms with Gasteiger partial charge in [0.25, 0.3) is 0 Å². The van der Waals surface area contributed by atoms with E-state index >= 15 is 0 Å². The molecule has 0 saturated carbocycles. The molecule has 0 fully saturated rings. The van der Waals surface area contributed by atoms with Gasteiger partial charge in [-0.05, 0) is 31.9 Å². The second-order valence-corrected chi connectivity index (χ2v) is 5.67. The van der Waals surface area contributed by atoms with Gasteiger partial charge >= 0.3 is 5.97 Å². The lowest BCUT2D eigenvalue weighted by atomic mass is 10.1. The number of hydrogen-bond acceptors (Lipinski definition) is 6. The van der Waals surface area contributed by atoms with E-state index in [-0.39, 0.29) is 5.56 Å². The van der Waals surface area contributed by atoms with E-state index in [4.69, 9.17) is 4.52 Å². The monoisotopic (exact) mass is 307 g/mol. The quantitative estimate of drug-likeness (QED) is 0.820. The fourth-order valence-corrected chi connectivity index (χ4v) is 2.95. The largest absolute Gasteiger partial charge is 0.478 e. The Bertz CT molecular complexity index is 655. The lowest BCUT2D eigenvalue weighted by molar-refractivity contribution is 0.0691. The van der Waals surface area contributed by atoms with Crippen molar-refractivity contribution >= 4 is 17.7 Å². The van der Waals surface area contributed by atoms with Crippen LogP contribution >= 0.6 is 11.8 Å². The second-order valence-electron chi connectivity index (χ2n) is 4.71. The first-order chi connectivity index (χ1) is 10.0. The van der Waals surface area contributed by atoms with Crippen LogP contribution in [0.5, 0.6) is 0 Å². The van der Waals surface area contributed by atoms with Crippen molar-refractivity contribution in [3.63, 3.8) is 0 Å². The van der Waals surface area contributed by atoms with Crippen molar-refractivity contribution in [1.82, 2.24) is 15.1 Å². The molecular formula is C14H17N3O3S. The van der Waals surface area contributed by atoms with Gasteiger partial charge in [0.1, 0.15) is 5.03 Å². The molecule has 0 unspecified atom stereocenters. The summed E-state index contributed by atoms with van der Waals surface area (Å²) in [6.45, 7) is 5.66. The Morgan fingerprint density at radius 1 is 1.38 bits per heavy atom. The Hall–Kier alpha value is -1.89. The zero-order valence-corrected chi connectivity index (χ0v) is 13.0. The molecule has 112 valence electrons. The lowest BCUT2D eigenvalue weighted by Crippen LogP contribution is -2.05. The van der Waals surface area contributed by atoms with E-state index in [1.54, 1.807) is 13.0 Å². The van der Waals surface area contributed by atoms with Crippen molar-refractivity contribution < 1.29 is 14.4 Å². The van der Waals surface area contributed by atoms with E-state index in [1.165, 1.54) is 11.8 Å². The Balaban J connectivity index is 2.17. The van der Waals surface area contributed by atoms with Crippen LogP contribution in [0.3, 0.4) is 0 Å². The lowest BCUT2D eigenvalue weighted by Gasteiger charge is -2.08. The molecule has 7 heteroatoms. The van der Waals surface area contributed by atoms with E-state index in [0.29, 0.717) is 28.1 Å². The molecule has 1 N–H and O–H groups in total. The molecule has 0 aliphatic rings.